The third-order valence-corrected chi connectivity index (χ3v) is 2.66. The molecule has 1 radical (unpaired) electrons. The highest BCUT2D eigenvalue weighted by molar-refractivity contribution is 7.98. The maximum atomic E-state index is 11.2. The number of primary amides is 1. The van der Waals surface area contributed by atoms with Gasteiger partial charge in [-0.25, -0.2) is 0 Å². The van der Waals surface area contributed by atoms with Gasteiger partial charge in [-0.2, -0.15) is 11.8 Å². The van der Waals surface area contributed by atoms with Gasteiger partial charge < -0.3 is 11.1 Å². The molecule has 4 nitrogen and oxygen atoms in total. The summed E-state index contributed by atoms with van der Waals surface area (Å²) < 4.78 is 0. The van der Waals surface area contributed by atoms with Gasteiger partial charge in [0.25, 0.3) is 0 Å². The van der Waals surface area contributed by atoms with Crippen LogP contribution in [-0.2, 0) is 9.59 Å². The van der Waals surface area contributed by atoms with E-state index >= 15 is 0 Å². The SMILES string of the molecule is CSCCCNC(=O)[CH]C[C@H](C)C(N)=O. The van der Waals surface area contributed by atoms with E-state index in [1.54, 1.807) is 18.7 Å². The Labute approximate surface area is 95.4 Å². The molecule has 5 heteroatoms. The van der Waals surface area contributed by atoms with E-state index in [1.165, 1.54) is 6.42 Å². The van der Waals surface area contributed by atoms with E-state index < -0.39 is 0 Å². The number of amides is 2. The first-order valence-corrected chi connectivity index (χ1v) is 6.36. The highest BCUT2D eigenvalue weighted by Gasteiger charge is 2.10. The number of thioether (sulfide) groups is 1. The predicted octanol–water partition coefficient (Wildman–Crippen LogP) is 0.571. The van der Waals surface area contributed by atoms with Crippen LogP contribution in [0.15, 0.2) is 0 Å². The van der Waals surface area contributed by atoms with Gasteiger partial charge in [0.15, 0.2) is 0 Å². The fraction of sp³-hybridized carbons (Fsp3) is 0.700. The zero-order chi connectivity index (χ0) is 11.7. The van der Waals surface area contributed by atoms with Crippen LogP contribution in [0.25, 0.3) is 0 Å². The van der Waals surface area contributed by atoms with Crippen LogP contribution in [0, 0.1) is 12.3 Å². The largest absolute Gasteiger partial charge is 0.369 e. The molecule has 0 aliphatic rings. The number of carbonyl (C=O) groups excluding carboxylic acids is 2. The van der Waals surface area contributed by atoms with Gasteiger partial charge in [0, 0.05) is 12.5 Å². The second-order valence-electron chi connectivity index (χ2n) is 3.38. The molecule has 0 aromatic carbocycles. The Bertz CT molecular complexity index is 210. The molecule has 2 amide bonds. The molecule has 87 valence electrons. The first-order chi connectivity index (χ1) is 7.07. The van der Waals surface area contributed by atoms with Crippen molar-refractivity contribution in [3.05, 3.63) is 6.42 Å². The van der Waals surface area contributed by atoms with Gasteiger partial charge >= 0.3 is 0 Å². The van der Waals surface area contributed by atoms with Crippen LogP contribution in [0.3, 0.4) is 0 Å². The Morgan fingerprint density at radius 1 is 1.53 bits per heavy atom. The monoisotopic (exact) mass is 231 g/mol. The Hall–Kier alpha value is -0.710. The normalized spacial score (nSPS) is 12.1. The summed E-state index contributed by atoms with van der Waals surface area (Å²) in [5.74, 6) is 0.269. The van der Waals surface area contributed by atoms with Gasteiger partial charge in [-0.1, -0.05) is 6.92 Å². The summed E-state index contributed by atoms with van der Waals surface area (Å²) in [7, 11) is 0. The number of nitrogens with two attached hydrogens (primary N) is 1. The smallest absolute Gasteiger partial charge is 0.223 e. The van der Waals surface area contributed by atoms with Crippen LogP contribution in [0.1, 0.15) is 19.8 Å². The molecule has 1 atom stereocenters. The number of hydrogen-bond donors (Lipinski definition) is 2. The molecular weight excluding hydrogens is 212 g/mol. The van der Waals surface area contributed by atoms with Crippen LogP contribution in [0.4, 0.5) is 0 Å². The van der Waals surface area contributed by atoms with E-state index in [2.05, 4.69) is 5.32 Å². The Morgan fingerprint density at radius 2 is 2.20 bits per heavy atom. The number of carbonyl (C=O) groups is 2. The standard InChI is InChI=1S/C10H19N2O2S/c1-8(10(11)14)4-5-9(13)12-6-3-7-15-2/h5,8H,3-4,6-7H2,1-2H3,(H2,11,14)(H,12,13)/t8-/m0/s1. The van der Waals surface area contributed by atoms with E-state index in [4.69, 9.17) is 5.73 Å². The molecular formula is C10H19N2O2S. The van der Waals surface area contributed by atoms with Crippen molar-refractivity contribution in [2.24, 2.45) is 11.7 Å². The van der Waals surface area contributed by atoms with Gasteiger partial charge in [0.2, 0.25) is 11.8 Å². The minimum Gasteiger partial charge on any atom is -0.369 e. The zero-order valence-corrected chi connectivity index (χ0v) is 10.1. The Morgan fingerprint density at radius 3 is 2.73 bits per heavy atom. The third-order valence-electron chi connectivity index (χ3n) is 1.97. The molecule has 0 spiro atoms. The summed E-state index contributed by atoms with van der Waals surface area (Å²) in [6.07, 6.45) is 4.88. The van der Waals surface area contributed by atoms with Crippen molar-refractivity contribution in [1.82, 2.24) is 5.32 Å². The number of rotatable bonds is 8. The first-order valence-electron chi connectivity index (χ1n) is 4.97. The zero-order valence-electron chi connectivity index (χ0n) is 9.29. The van der Waals surface area contributed by atoms with Crippen LogP contribution in [-0.4, -0.2) is 30.4 Å². The minimum atomic E-state index is -0.374. The maximum absolute atomic E-state index is 11.2. The highest BCUT2D eigenvalue weighted by atomic mass is 32.2. The minimum absolute atomic E-state index is 0.121. The summed E-state index contributed by atoms with van der Waals surface area (Å²) in [6.45, 7) is 2.39. The molecule has 0 saturated carbocycles. The fourth-order valence-corrected chi connectivity index (χ4v) is 1.33. The molecule has 3 N–H and O–H groups in total. The second-order valence-corrected chi connectivity index (χ2v) is 4.37. The highest BCUT2D eigenvalue weighted by Crippen LogP contribution is 2.03. The maximum Gasteiger partial charge on any atom is 0.223 e. The van der Waals surface area contributed by atoms with Crippen LogP contribution in [0.2, 0.25) is 0 Å². The number of hydrogen-bond acceptors (Lipinski definition) is 3. The predicted molar refractivity (Wildman–Crippen MR) is 63.3 cm³/mol. The van der Waals surface area contributed by atoms with Gasteiger partial charge in [0.1, 0.15) is 0 Å². The lowest BCUT2D eigenvalue weighted by molar-refractivity contribution is -0.121. The van der Waals surface area contributed by atoms with Crippen molar-refractivity contribution < 1.29 is 9.59 Å². The average molecular weight is 231 g/mol. The van der Waals surface area contributed by atoms with E-state index in [0.29, 0.717) is 13.0 Å². The summed E-state index contributed by atoms with van der Waals surface area (Å²) in [4.78, 5) is 21.9. The molecule has 0 aromatic heterocycles. The molecule has 0 aliphatic carbocycles. The van der Waals surface area contributed by atoms with Crippen LogP contribution in [0.5, 0.6) is 0 Å². The Balaban J connectivity index is 3.45. The molecule has 0 fully saturated rings. The van der Waals surface area contributed by atoms with Crippen molar-refractivity contribution in [2.45, 2.75) is 19.8 Å². The lowest BCUT2D eigenvalue weighted by atomic mass is 10.1. The lowest BCUT2D eigenvalue weighted by Crippen LogP contribution is -2.27. The second kappa shape index (κ2) is 8.59. The van der Waals surface area contributed by atoms with Crippen LogP contribution < -0.4 is 11.1 Å². The molecule has 0 saturated heterocycles. The van der Waals surface area contributed by atoms with Gasteiger partial charge in [-0.3, -0.25) is 9.59 Å². The van der Waals surface area contributed by atoms with Gasteiger partial charge in [0.05, 0.1) is 6.42 Å². The van der Waals surface area contributed by atoms with E-state index in [0.717, 1.165) is 12.2 Å². The molecule has 0 heterocycles. The quantitative estimate of drug-likeness (QED) is 0.600. The third kappa shape index (κ3) is 8.30. The van der Waals surface area contributed by atoms with Crippen molar-refractivity contribution in [3.63, 3.8) is 0 Å². The average Bonchev–Trinajstić information content (AvgIpc) is 2.20. The molecule has 15 heavy (non-hydrogen) atoms. The Kier molecular flexibility index (Phi) is 8.18. The topological polar surface area (TPSA) is 72.2 Å². The molecule has 0 bridgehead atoms. The van der Waals surface area contributed by atoms with Crippen molar-refractivity contribution in [3.8, 4) is 0 Å². The molecule has 0 unspecified atom stereocenters. The van der Waals surface area contributed by atoms with E-state index in [9.17, 15) is 9.59 Å². The lowest BCUT2D eigenvalue weighted by Gasteiger charge is -2.07. The number of nitrogens with one attached hydrogen (secondary N) is 1. The van der Waals surface area contributed by atoms with Crippen molar-refractivity contribution >= 4 is 23.6 Å². The molecule has 0 aliphatic heterocycles. The molecule has 0 aromatic rings. The van der Waals surface area contributed by atoms with Crippen molar-refractivity contribution in [2.75, 3.05) is 18.6 Å². The van der Waals surface area contributed by atoms with Crippen LogP contribution >= 0.6 is 11.8 Å². The van der Waals surface area contributed by atoms with E-state index in [1.807, 2.05) is 6.26 Å². The fourth-order valence-electron chi connectivity index (χ4n) is 0.900. The van der Waals surface area contributed by atoms with E-state index in [-0.39, 0.29) is 17.7 Å². The van der Waals surface area contributed by atoms with Crippen molar-refractivity contribution in [1.29, 1.82) is 0 Å². The first kappa shape index (κ1) is 14.3. The molecule has 0 rings (SSSR count). The summed E-state index contributed by atoms with van der Waals surface area (Å²) in [5, 5.41) is 2.75. The summed E-state index contributed by atoms with van der Waals surface area (Å²) in [5.41, 5.74) is 5.07. The summed E-state index contributed by atoms with van der Waals surface area (Å²) in [6, 6.07) is 0. The van der Waals surface area contributed by atoms with Gasteiger partial charge in [-0.15, -0.1) is 0 Å². The summed E-state index contributed by atoms with van der Waals surface area (Å²) >= 11 is 1.75. The van der Waals surface area contributed by atoms with Gasteiger partial charge in [-0.05, 0) is 24.9 Å².